The molecule has 1 heterocycles. The van der Waals surface area contributed by atoms with Crippen molar-refractivity contribution in [1.29, 1.82) is 0 Å². The topological polar surface area (TPSA) is 57.8 Å². The van der Waals surface area contributed by atoms with Crippen molar-refractivity contribution in [2.24, 2.45) is 0 Å². The minimum absolute atomic E-state index is 0.161. The number of nitrogens with one attached hydrogen (secondary N) is 2. The van der Waals surface area contributed by atoms with Crippen LogP contribution in [0.25, 0.3) is 0 Å². The molecule has 4 nitrogen and oxygen atoms in total. The molecule has 0 saturated heterocycles. The Morgan fingerprint density at radius 2 is 2.25 bits per heavy atom. The minimum Gasteiger partial charge on any atom is -0.319 e. The normalized spacial score (nSPS) is 23.4. The molecule has 0 amide bonds. The maximum Gasteiger partial charge on any atom is 0.345 e. The first-order valence-corrected chi connectivity index (χ1v) is 6.07. The number of likely N-dealkylation sites (N-methyl/N-ethyl adjacent to an activating group) is 1. The van der Waals surface area contributed by atoms with E-state index < -0.39 is 0 Å². The zero-order valence-electron chi connectivity index (χ0n) is 9.55. The molecule has 1 fully saturated rings. The molecule has 1 atom stereocenters. The predicted octanol–water partition coefficient (Wildman–Crippen LogP) is 0.896. The lowest BCUT2D eigenvalue weighted by Crippen LogP contribution is -2.20. The van der Waals surface area contributed by atoms with Crippen molar-refractivity contribution < 1.29 is 0 Å². The number of hydrogen-bond acceptors (Lipinski definition) is 3. The van der Waals surface area contributed by atoms with E-state index in [0.29, 0.717) is 11.8 Å². The molecule has 86 valence electrons. The molecule has 0 bridgehead atoms. The summed E-state index contributed by atoms with van der Waals surface area (Å²) in [4.78, 5) is 18.6. The second-order valence-corrected chi connectivity index (χ2v) is 4.89. The van der Waals surface area contributed by atoms with Gasteiger partial charge in [0.15, 0.2) is 0 Å². The predicted molar refractivity (Wildman–Crippen MR) is 61.8 cm³/mol. The molecule has 2 aliphatic carbocycles. The van der Waals surface area contributed by atoms with Crippen LogP contribution >= 0.6 is 0 Å². The molecule has 1 aromatic heterocycles. The summed E-state index contributed by atoms with van der Waals surface area (Å²) in [5, 5.41) is 3.23. The maximum absolute atomic E-state index is 11.5. The first-order chi connectivity index (χ1) is 7.79. The third-order valence-corrected chi connectivity index (χ3v) is 3.65. The second-order valence-electron chi connectivity index (χ2n) is 4.89. The molecule has 2 aliphatic rings. The van der Waals surface area contributed by atoms with Crippen molar-refractivity contribution in [3.05, 3.63) is 27.4 Å². The number of aryl methyl sites for hydroxylation is 1. The smallest absolute Gasteiger partial charge is 0.319 e. The monoisotopic (exact) mass is 219 g/mol. The lowest BCUT2D eigenvalue weighted by molar-refractivity contribution is 0.617. The van der Waals surface area contributed by atoms with E-state index in [-0.39, 0.29) is 5.69 Å². The number of aromatic amines is 1. The van der Waals surface area contributed by atoms with Gasteiger partial charge in [0.05, 0.1) is 5.69 Å². The molecule has 0 aliphatic heterocycles. The van der Waals surface area contributed by atoms with E-state index in [1.807, 2.05) is 7.05 Å². The Bertz CT molecular complexity index is 462. The van der Waals surface area contributed by atoms with Gasteiger partial charge >= 0.3 is 5.69 Å². The summed E-state index contributed by atoms with van der Waals surface area (Å²) in [7, 11) is 1.98. The lowest BCUT2D eigenvalue weighted by Gasteiger charge is -2.13. The molecular formula is C12H17N3O. The van der Waals surface area contributed by atoms with Crippen LogP contribution in [0.2, 0.25) is 0 Å². The highest BCUT2D eigenvalue weighted by molar-refractivity contribution is 5.37. The zero-order chi connectivity index (χ0) is 11.1. The lowest BCUT2D eigenvalue weighted by atomic mass is 9.99. The third kappa shape index (κ3) is 1.57. The molecule has 1 unspecified atom stereocenters. The summed E-state index contributed by atoms with van der Waals surface area (Å²) in [6.45, 7) is 0.987. The molecule has 16 heavy (non-hydrogen) atoms. The number of H-pyrrole nitrogens is 1. The molecule has 0 spiro atoms. The summed E-state index contributed by atoms with van der Waals surface area (Å²) < 4.78 is 0. The molecule has 2 N–H and O–H groups in total. The molecule has 1 aromatic rings. The fraction of sp³-hybridized carbons (Fsp3) is 0.667. The van der Waals surface area contributed by atoms with E-state index in [2.05, 4.69) is 15.3 Å². The highest BCUT2D eigenvalue weighted by Crippen LogP contribution is 2.44. The van der Waals surface area contributed by atoms with Crippen LogP contribution < -0.4 is 11.0 Å². The number of fused-ring (bicyclic) bond motifs is 1. The Balaban J connectivity index is 2.07. The van der Waals surface area contributed by atoms with Gasteiger partial charge < -0.3 is 10.3 Å². The van der Waals surface area contributed by atoms with Gasteiger partial charge in [-0.25, -0.2) is 4.79 Å². The van der Waals surface area contributed by atoms with Crippen LogP contribution in [0.4, 0.5) is 0 Å². The van der Waals surface area contributed by atoms with Gasteiger partial charge in [-0.2, -0.15) is 4.98 Å². The average Bonchev–Trinajstić information content (AvgIpc) is 3.02. The highest BCUT2D eigenvalue weighted by atomic mass is 16.1. The minimum atomic E-state index is -0.161. The van der Waals surface area contributed by atoms with Gasteiger partial charge in [0.1, 0.15) is 0 Å². The number of aromatic nitrogens is 2. The zero-order valence-corrected chi connectivity index (χ0v) is 9.55. The van der Waals surface area contributed by atoms with Crippen molar-refractivity contribution in [2.45, 2.75) is 37.5 Å². The number of rotatable bonds is 3. The van der Waals surface area contributed by atoms with Gasteiger partial charge in [0, 0.05) is 24.1 Å². The summed E-state index contributed by atoms with van der Waals surface area (Å²) >= 11 is 0. The molecule has 1 saturated carbocycles. The van der Waals surface area contributed by atoms with E-state index in [0.717, 1.165) is 30.8 Å². The summed E-state index contributed by atoms with van der Waals surface area (Å²) in [6, 6.07) is 0. The summed E-state index contributed by atoms with van der Waals surface area (Å²) in [5.74, 6) is 1.11. The van der Waals surface area contributed by atoms with Crippen LogP contribution in [0.15, 0.2) is 4.79 Å². The van der Waals surface area contributed by atoms with Crippen LogP contribution in [0, 0.1) is 0 Å². The quantitative estimate of drug-likeness (QED) is 0.794. The van der Waals surface area contributed by atoms with E-state index >= 15 is 0 Å². The van der Waals surface area contributed by atoms with Crippen LogP contribution in [0.3, 0.4) is 0 Å². The first-order valence-electron chi connectivity index (χ1n) is 6.07. The Hall–Kier alpha value is -1.16. The molecule has 0 radical (unpaired) electrons. The van der Waals surface area contributed by atoms with Gasteiger partial charge in [0.25, 0.3) is 0 Å². The van der Waals surface area contributed by atoms with Gasteiger partial charge in [-0.1, -0.05) is 0 Å². The van der Waals surface area contributed by atoms with Crippen LogP contribution in [-0.4, -0.2) is 23.6 Å². The van der Waals surface area contributed by atoms with Crippen LogP contribution in [0.5, 0.6) is 0 Å². The fourth-order valence-corrected chi connectivity index (χ4v) is 2.78. The largest absolute Gasteiger partial charge is 0.345 e. The Kier molecular flexibility index (Phi) is 2.32. The van der Waals surface area contributed by atoms with Gasteiger partial charge in [-0.05, 0) is 38.3 Å². The molecule has 0 aromatic carbocycles. The SMILES string of the molecule is CNCC1CCc2[nH]c(=O)nc(C3CC3)c21. The van der Waals surface area contributed by atoms with Crippen molar-refractivity contribution in [3.63, 3.8) is 0 Å². The molecule has 3 rings (SSSR count). The van der Waals surface area contributed by atoms with Crippen molar-refractivity contribution in [3.8, 4) is 0 Å². The van der Waals surface area contributed by atoms with Crippen molar-refractivity contribution >= 4 is 0 Å². The standard InChI is InChI=1S/C12H17N3O/c1-13-6-8-4-5-9-10(8)11(7-2-3-7)15-12(16)14-9/h7-8,13H,2-6H2,1H3,(H,14,15,16). The number of nitrogens with zero attached hydrogens (tertiary/aromatic N) is 1. The van der Waals surface area contributed by atoms with Gasteiger partial charge in [0.2, 0.25) is 0 Å². The third-order valence-electron chi connectivity index (χ3n) is 3.65. The van der Waals surface area contributed by atoms with Gasteiger partial charge in [-0.15, -0.1) is 0 Å². The van der Waals surface area contributed by atoms with Crippen molar-refractivity contribution in [2.75, 3.05) is 13.6 Å². The molecule has 4 heteroatoms. The van der Waals surface area contributed by atoms with Crippen LogP contribution in [-0.2, 0) is 6.42 Å². The summed E-state index contributed by atoms with van der Waals surface area (Å²) in [6.07, 6.45) is 4.54. The van der Waals surface area contributed by atoms with Crippen LogP contribution in [0.1, 0.15) is 48.0 Å². The molecular weight excluding hydrogens is 202 g/mol. The second kappa shape index (κ2) is 3.70. The Labute approximate surface area is 94.5 Å². The van der Waals surface area contributed by atoms with E-state index in [9.17, 15) is 4.79 Å². The van der Waals surface area contributed by atoms with Gasteiger partial charge in [-0.3, -0.25) is 0 Å². The first kappa shape index (κ1) is 10.0. The highest BCUT2D eigenvalue weighted by Gasteiger charge is 2.34. The van der Waals surface area contributed by atoms with E-state index in [1.54, 1.807) is 0 Å². The maximum atomic E-state index is 11.5. The van der Waals surface area contributed by atoms with E-state index in [1.165, 1.54) is 18.4 Å². The summed E-state index contributed by atoms with van der Waals surface area (Å²) in [5.41, 5.74) is 3.42. The van der Waals surface area contributed by atoms with Crippen molar-refractivity contribution in [1.82, 2.24) is 15.3 Å². The fourth-order valence-electron chi connectivity index (χ4n) is 2.78. The van der Waals surface area contributed by atoms with E-state index in [4.69, 9.17) is 0 Å². The Morgan fingerprint density at radius 3 is 2.94 bits per heavy atom. The Morgan fingerprint density at radius 1 is 1.44 bits per heavy atom. The number of hydrogen-bond donors (Lipinski definition) is 2. The average molecular weight is 219 g/mol.